The molecule has 1 amide bonds. The molecule has 1 aliphatic rings. The van der Waals surface area contributed by atoms with Crippen LogP contribution in [-0.2, 0) is 10.2 Å². The summed E-state index contributed by atoms with van der Waals surface area (Å²) >= 11 is 1.42. The Morgan fingerprint density at radius 3 is 2.62 bits per heavy atom. The summed E-state index contributed by atoms with van der Waals surface area (Å²) < 4.78 is 10.6. The lowest BCUT2D eigenvalue weighted by Crippen LogP contribution is -2.27. The van der Waals surface area contributed by atoms with Gasteiger partial charge >= 0.3 is 0 Å². The third kappa shape index (κ3) is 2.47. The fourth-order valence-corrected chi connectivity index (χ4v) is 2.93. The van der Waals surface area contributed by atoms with Gasteiger partial charge in [0, 0.05) is 11.6 Å². The first kappa shape index (κ1) is 13.9. The molecule has 2 aromatic rings. The summed E-state index contributed by atoms with van der Waals surface area (Å²) in [5.41, 5.74) is 0.486. The zero-order valence-corrected chi connectivity index (χ0v) is 12.7. The number of methoxy groups -OCH3 is 2. The molecule has 1 fully saturated rings. The summed E-state index contributed by atoms with van der Waals surface area (Å²) in [4.78, 5) is 16.6. The van der Waals surface area contributed by atoms with E-state index in [2.05, 4.69) is 10.3 Å². The Hall–Kier alpha value is -2.08. The first-order chi connectivity index (χ1) is 10.2. The van der Waals surface area contributed by atoms with Gasteiger partial charge < -0.3 is 14.8 Å². The lowest BCUT2D eigenvalue weighted by Gasteiger charge is -2.17. The number of amides is 1. The number of carbonyl (C=O) groups excluding carboxylic acids is 1. The predicted molar refractivity (Wildman–Crippen MR) is 81.2 cm³/mol. The monoisotopic (exact) mass is 304 g/mol. The summed E-state index contributed by atoms with van der Waals surface area (Å²) in [7, 11) is 3.19. The maximum absolute atomic E-state index is 12.5. The number of nitrogens with zero attached hydrogens (tertiary/aromatic N) is 1. The van der Waals surface area contributed by atoms with Gasteiger partial charge in [0.1, 0.15) is 0 Å². The highest BCUT2D eigenvalue weighted by atomic mass is 32.1. The van der Waals surface area contributed by atoms with E-state index in [9.17, 15) is 4.79 Å². The Morgan fingerprint density at radius 1 is 1.29 bits per heavy atom. The third-order valence-electron chi connectivity index (χ3n) is 3.77. The molecule has 1 aromatic heterocycles. The molecule has 110 valence electrons. The maximum Gasteiger partial charge on any atom is 0.236 e. The number of nitrogens with one attached hydrogen (secondary N) is 1. The van der Waals surface area contributed by atoms with E-state index in [0.29, 0.717) is 16.6 Å². The van der Waals surface area contributed by atoms with Crippen molar-refractivity contribution in [1.82, 2.24) is 4.98 Å². The summed E-state index contributed by atoms with van der Waals surface area (Å²) in [5, 5.41) is 5.36. The molecule has 0 atom stereocenters. The molecule has 1 aliphatic carbocycles. The second-order valence-corrected chi connectivity index (χ2v) is 5.84. The van der Waals surface area contributed by atoms with Crippen molar-refractivity contribution in [2.24, 2.45) is 0 Å². The molecule has 0 unspecified atom stereocenters. The normalized spacial score (nSPS) is 15.3. The number of thiazole rings is 1. The van der Waals surface area contributed by atoms with Crippen LogP contribution >= 0.6 is 11.3 Å². The molecular formula is C15H16N2O3S. The second kappa shape index (κ2) is 5.37. The van der Waals surface area contributed by atoms with Crippen molar-refractivity contribution in [3.63, 3.8) is 0 Å². The number of anilines is 1. The molecule has 0 radical (unpaired) electrons. The first-order valence-electron chi connectivity index (χ1n) is 6.63. The Morgan fingerprint density at radius 2 is 2.05 bits per heavy atom. The van der Waals surface area contributed by atoms with E-state index < -0.39 is 5.41 Å². The van der Waals surface area contributed by atoms with E-state index in [1.165, 1.54) is 11.3 Å². The summed E-state index contributed by atoms with van der Waals surface area (Å²) in [6.07, 6.45) is 3.34. The van der Waals surface area contributed by atoms with Gasteiger partial charge in [0.25, 0.3) is 0 Å². The number of aromatic nitrogens is 1. The minimum Gasteiger partial charge on any atom is -0.493 e. The van der Waals surface area contributed by atoms with Gasteiger partial charge in [-0.1, -0.05) is 6.07 Å². The van der Waals surface area contributed by atoms with Gasteiger partial charge in [-0.15, -0.1) is 11.3 Å². The molecule has 0 spiro atoms. The molecule has 1 aromatic carbocycles. The van der Waals surface area contributed by atoms with Gasteiger partial charge in [-0.25, -0.2) is 4.98 Å². The van der Waals surface area contributed by atoms with E-state index in [1.54, 1.807) is 20.4 Å². The fraction of sp³-hybridized carbons (Fsp3) is 0.333. The zero-order valence-electron chi connectivity index (χ0n) is 11.9. The van der Waals surface area contributed by atoms with Crippen LogP contribution in [-0.4, -0.2) is 25.1 Å². The Labute approximate surface area is 126 Å². The molecule has 0 bridgehead atoms. The van der Waals surface area contributed by atoms with Crippen molar-refractivity contribution in [2.45, 2.75) is 18.3 Å². The van der Waals surface area contributed by atoms with Gasteiger partial charge in [0.2, 0.25) is 5.91 Å². The van der Waals surface area contributed by atoms with Gasteiger partial charge in [0.15, 0.2) is 16.6 Å². The van der Waals surface area contributed by atoms with Crippen LogP contribution in [0.5, 0.6) is 11.5 Å². The molecule has 5 nitrogen and oxygen atoms in total. The number of hydrogen-bond donors (Lipinski definition) is 1. The number of benzene rings is 1. The number of ether oxygens (including phenoxy) is 2. The Bertz CT molecular complexity index is 651. The van der Waals surface area contributed by atoms with E-state index in [1.807, 2.05) is 23.6 Å². The number of hydrogen-bond acceptors (Lipinski definition) is 5. The minimum atomic E-state index is -0.467. The van der Waals surface area contributed by atoms with Crippen LogP contribution in [0.1, 0.15) is 18.4 Å². The molecule has 0 aliphatic heterocycles. The van der Waals surface area contributed by atoms with Gasteiger partial charge in [0.05, 0.1) is 19.6 Å². The first-order valence-corrected chi connectivity index (χ1v) is 7.51. The third-order valence-corrected chi connectivity index (χ3v) is 4.46. The molecule has 3 rings (SSSR count). The van der Waals surface area contributed by atoms with Crippen molar-refractivity contribution in [3.05, 3.63) is 35.3 Å². The Kier molecular flexibility index (Phi) is 3.55. The van der Waals surface area contributed by atoms with Crippen molar-refractivity contribution in [2.75, 3.05) is 19.5 Å². The van der Waals surface area contributed by atoms with Gasteiger partial charge in [-0.05, 0) is 30.5 Å². The molecule has 1 saturated carbocycles. The average Bonchev–Trinajstić information content (AvgIpc) is 3.18. The Balaban J connectivity index is 1.86. The van der Waals surface area contributed by atoms with Crippen LogP contribution in [0.3, 0.4) is 0 Å². The summed E-state index contributed by atoms with van der Waals surface area (Å²) in [6, 6.07) is 5.65. The van der Waals surface area contributed by atoms with Crippen LogP contribution in [0, 0.1) is 0 Å². The molecule has 0 saturated heterocycles. The van der Waals surface area contributed by atoms with E-state index in [-0.39, 0.29) is 5.91 Å². The molecule has 1 N–H and O–H groups in total. The van der Waals surface area contributed by atoms with Crippen molar-refractivity contribution < 1.29 is 14.3 Å². The highest BCUT2D eigenvalue weighted by Gasteiger charge is 2.51. The van der Waals surface area contributed by atoms with E-state index in [0.717, 1.165) is 18.4 Å². The smallest absolute Gasteiger partial charge is 0.236 e. The van der Waals surface area contributed by atoms with Crippen molar-refractivity contribution >= 4 is 22.4 Å². The lowest BCUT2D eigenvalue weighted by molar-refractivity contribution is -0.118. The van der Waals surface area contributed by atoms with Crippen LogP contribution < -0.4 is 14.8 Å². The summed E-state index contributed by atoms with van der Waals surface area (Å²) in [6.45, 7) is 0. The molecule has 1 heterocycles. The second-order valence-electron chi connectivity index (χ2n) is 4.94. The van der Waals surface area contributed by atoms with Crippen LogP contribution in [0.2, 0.25) is 0 Å². The van der Waals surface area contributed by atoms with Crippen molar-refractivity contribution in [3.8, 4) is 11.5 Å². The highest BCUT2D eigenvalue weighted by Crippen LogP contribution is 2.50. The largest absolute Gasteiger partial charge is 0.493 e. The quantitative estimate of drug-likeness (QED) is 0.922. The number of rotatable bonds is 5. The predicted octanol–water partition coefficient (Wildman–Crippen LogP) is 2.83. The zero-order chi connectivity index (χ0) is 14.9. The highest BCUT2D eigenvalue weighted by molar-refractivity contribution is 7.13. The SMILES string of the molecule is COc1ccc(C2(C(=O)Nc3nccs3)CC2)cc1OC. The van der Waals surface area contributed by atoms with Crippen LogP contribution in [0.25, 0.3) is 0 Å². The van der Waals surface area contributed by atoms with Crippen molar-refractivity contribution in [1.29, 1.82) is 0 Å². The van der Waals surface area contributed by atoms with E-state index >= 15 is 0 Å². The standard InChI is InChI=1S/C15H16N2O3S/c1-19-11-4-3-10(9-12(11)20-2)15(5-6-15)13(18)17-14-16-7-8-21-14/h3-4,7-9H,5-6H2,1-2H3,(H,16,17,18). The summed E-state index contributed by atoms with van der Waals surface area (Å²) in [5.74, 6) is 1.30. The molecule has 21 heavy (non-hydrogen) atoms. The average molecular weight is 304 g/mol. The topological polar surface area (TPSA) is 60.5 Å². The molecular weight excluding hydrogens is 288 g/mol. The van der Waals surface area contributed by atoms with Gasteiger partial charge in [-0.3, -0.25) is 4.79 Å². The van der Waals surface area contributed by atoms with E-state index in [4.69, 9.17) is 9.47 Å². The van der Waals surface area contributed by atoms with Gasteiger partial charge in [-0.2, -0.15) is 0 Å². The maximum atomic E-state index is 12.5. The number of carbonyl (C=O) groups is 1. The van der Waals surface area contributed by atoms with Crippen LogP contribution in [0.4, 0.5) is 5.13 Å². The van der Waals surface area contributed by atoms with Crippen LogP contribution in [0.15, 0.2) is 29.8 Å². The lowest BCUT2D eigenvalue weighted by atomic mass is 9.94. The molecule has 6 heteroatoms. The fourth-order valence-electron chi connectivity index (χ4n) is 2.41. The minimum absolute atomic E-state index is 0.00956.